The van der Waals surface area contributed by atoms with Crippen molar-refractivity contribution >= 4 is 30.0 Å². The Bertz CT molecular complexity index is 870. The van der Waals surface area contributed by atoms with E-state index in [4.69, 9.17) is 11.6 Å². The molecule has 0 aliphatic carbocycles. The van der Waals surface area contributed by atoms with Gasteiger partial charge in [-0.05, 0) is 40.8 Å². The van der Waals surface area contributed by atoms with E-state index in [-0.39, 0.29) is 12.4 Å². The zero-order valence-corrected chi connectivity index (χ0v) is 16.2. The maximum absolute atomic E-state index is 11.8. The average Bonchev–Trinajstić information content (AvgIpc) is 2.66. The van der Waals surface area contributed by atoms with E-state index in [1.54, 1.807) is 0 Å². The fourth-order valence-corrected chi connectivity index (χ4v) is 3.13. The number of hydrogen-bond acceptors (Lipinski definition) is 2. The van der Waals surface area contributed by atoms with Crippen LogP contribution in [0.25, 0.3) is 11.1 Å². The SMILES string of the molecule is Cl.O=C(O)[C@H](Cc1cc(Cl)ccc1-c1ccccc1)NCc1ccccc1. The molecule has 3 aromatic carbocycles. The first-order valence-corrected chi connectivity index (χ1v) is 8.85. The number of carboxylic acid groups (broad SMARTS) is 1. The van der Waals surface area contributed by atoms with Crippen LogP contribution in [-0.2, 0) is 17.8 Å². The second kappa shape index (κ2) is 10.1. The summed E-state index contributed by atoms with van der Waals surface area (Å²) in [5, 5.41) is 13.4. The van der Waals surface area contributed by atoms with Crippen LogP contribution in [0.5, 0.6) is 0 Å². The normalized spacial score (nSPS) is 11.4. The summed E-state index contributed by atoms with van der Waals surface area (Å²) in [4.78, 5) is 11.8. The van der Waals surface area contributed by atoms with Gasteiger partial charge in [-0.2, -0.15) is 0 Å². The van der Waals surface area contributed by atoms with E-state index in [0.29, 0.717) is 18.0 Å². The minimum absolute atomic E-state index is 0. The van der Waals surface area contributed by atoms with Crippen molar-refractivity contribution in [3.8, 4) is 11.1 Å². The predicted molar refractivity (Wildman–Crippen MR) is 113 cm³/mol. The molecular weight excluding hydrogens is 381 g/mol. The molecule has 140 valence electrons. The largest absolute Gasteiger partial charge is 0.480 e. The maximum Gasteiger partial charge on any atom is 0.321 e. The molecule has 0 aromatic heterocycles. The summed E-state index contributed by atoms with van der Waals surface area (Å²) in [7, 11) is 0. The van der Waals surface area contributed by atoms with E-state index in [1.165, 1.54) is 0 Å². The van der Waals surface area contributed by atoms with E-state index in [1.807, 2.05) is 78.9 Å². The van der Waals surface area contributed by atoms with E-state index in [2.05, 4.69) is 5.32 Å². The van der Waals surface area contributed by atoms with Gasteiger partial charge in [-0.15, -0.1) is 12.4 Å². The van der Waals surface area contributed by atoms with Crippen LogP contribution in [0.15, 0.2) is 78.9 Å². The van der Waals surface area contributed by atoms with Gasteiger partial charge in [-0.3, -0.25) is 4.79 Å². The van der Waals surface area contributed by atoms with Gasteiger partial charge in [0.15, 0.2) is 0 Å². The minimum atomic E-state index is -0.875. The van der Waals surface area contributed by atoms with E-state index in [0.717, 1.165) is 22.3 Å². The molecule has 0 spiro atoms. The Hall–Kier alpha value is -2.33. The first-order valence-electron chi connectivity index (χ1n) is 8.47. The van der Waals surface area contributed by atoms with Crippen molar-refractivity contribution in [3.63, 3.8) is 0 Å². The first kappa shape index (κ1) is 21.0. The summed E-state index contributed by atoms with van der Waals surface area (Å²) in [6.45, 7) is 0.499. The standard InChI is InChI=1S/C22H20ClNO2.ClH/c23-19-11-12-20(17-9-5-2-6-10-17)18(13-19)14-21(22(25)26)24-15-16-7-3-1-4-8-16;/h1-13,21,24H,14-15H2,(H,25,26);1H/t21-;/m0./s1. The number of hydrogen-bond donors (Lipinski definition) is 2. The van der Waals surface area contributed by atoms with Crippen molar-refractivity contribution in [1.29, 1.82) is 0 Å². The van der Waals surface area contributed by atoms with Crippen LogP contribution in [-0.4, -0.2) is 17.1 Å². The fraction of sp³-hybridized carbons (Fsp3) is 0.136. The van der Waals surface area contributed by atoms with Gasteiger partial charge < -0.3 is 10.4 Å². The van der Waals surface area contributed by atoms with Gasteiger partial charge in [0.2, 0.25) is 0 Å². The molecule has 0 radical (unpaired) electrons. The highest BCUT2D eigenvalue weighted by Crippen LogP contribution is 2.27. The lowest BCUT2D eigenvalue weighted by Gasteiger charge is -2.17. The van der Waals surface area contributed by atoms with Gasteiger partial charge in [0, 0.05) is 11.6 Å². The zero-order valence-electron chi connectivity index (χ0n) is 14.6. The minimum Gasteiger partial charge on any atom is -0.480 e. The molecule has 0 aliphatic heterocycles. The molecule has 0 saturated carbocycles. The summed E-state index contributed by atoms with van der Waals surface area (Å²) in [6.07, 6.45) is 0.354. The van der Waals surface area contributed by atoms with Crippen molar-refractivity contribution in [2.45, 2.75) is 19.0 Å². The highest BCUT2D eigenvalue weighted by atomic mass is 35.5. The monoisotopic (exact) mass is 401 g/mol. The van der Waals surface area contributed by atoms with Crippen molar-refractivity contribution in [2.24, 2.45) is 0 Å². The summed E-state index contributed by atoms with van der Waals surface area (Å²) in [5.74, 6) is -0.875. The number of halogens is 2. The molecule has 0 aliphatic rings. The van der Waals surface area contributed by atoms with Crippen LogP contribution >= 0.6 is 24.0 Å². The van der Waals surface area contributed by atoms with Crippen molar-refractivity contribution in [1.82, 2.24) is 5.32 Å². The van der Waals surface area contributed by atoms with Gasteiger partial charge in [0.05, 0.1) is 0 Å². The number of carboxylic acids is 1. The Balaban J connectivity index is 0.00000261. The van der Waals surface area contributed by atoms with Gasteiger partial charge >= 0.3 is 5.97 Å². The molecule has 0 amide bonds. The lowest BCUT2D eigenvalue weighted by Crippen LogP contribution is -2.38. The second-order valence-corrected chi connectivity index (χ2v) is 6.57. The van der Waals surface area contributed by atoms with Crippen molar-refractivity contribution in [2.75, 3.05) is 0 Å². The molecule has 2 N–H and O–H groups in total. The van der Waals surface area contributed by atoms with Crippen LogP contribution in [0.1, 0.15) is 11.1 Å². The molecule has 0 saturated heterocycles. The summed E-state index contributed by atoms with van der Waals surface area (Å²) in [5.41, 5.74) is 4.01. The smallest absolute Gasteiger partial charge is 0.321 e. The zero-order chi connectivity index (χ0) is 18.4. The van der Waals surface area contributed by atoms with Gasteiger partial charge in [-0.1, -0.05) is 78.3 Å². The molecule has 0 bridgehead atoms. The first-order chi connectivity index (χ1) is 12.6. The molecule has 27 heavy (non-hydrogen) atoms. The second-order valence-electron chi connectivity index (χ2n) is 6.13. The molecule has 3 rings (SSSR count). The third-order valence-electron chi connectivity index (χ3n) is 4.27. The molecule has 0 unspecified atom stereocenters. The molecular formula is C22H21Cl2NO2. The number of nitrogens with one attached hydrogen (secondary N) is 1. The molecule has 0 heterocycles. The Kier molecular flexibility index (Phi) is 7.86. The van der Waals surface area contributed by atoms with Crippen LogP contribution in [0.2, 0.25) is 5.02 Å². The lowest BCUT2D eigenvalue weighted by atomic mass is 9.95. The Morgan fingerprint density at radius 1 is 0.963 bits per heavy atom. The molecule has 3 aromatic rings. The van der Waals surface area contributed by atoms with Gasteiger partial charge in [0.25, 0.3) is 0 Å². The Morgan fingerprint density at radius 3 is 2.22 bits per heavy atom. The lowest BCUT2D eigenvalue weighted by molar-refractivity contribution is -0.139. The number of carbonyl (C=O) groups is 1. The fourth-order valence-electron chi connectivity index (χ4n) is 2.93. The third-order valence-corrected chi connectivity index (χ3v) is 4.50. The summed E-state index contributed by atoms with van der Waals surface area (Å²) < 4.78 is 0. The highest BCUT2D eigenvalue weighted by molar-refractivity contribution is 6.30. The van der Waals surface area contributed by atoms with E-state index < -0.39 is 12.0 Å². The highest BCUT2D eigenvalue weighted by Gasteiger charge is 2.19. The number of benzene rings is 3. The molecule has 5 heteroatoms. The maximum atomic E-state index is 11.8. The van der Waals surface area contributed by atoms with Crippen LogP contribution in [0.3, 0.4) is 0 Å². The third kappa shape index (κ3) is 5.83. The predicted octanol–water partition coefficient (Wildman–Crippen LogP) is 5.21. The summed E-state index contributed by atoms with van der Waals surface area (Å²) in [6, 6.07) is 24.6. The van der Waals surface area contributed by atoms with Gasteiger partial charge in [0.1, 0.15) is 6.04 Å². The number of rotatable bonds is 7. The molecule has 1 atom stereocenters. The number of aliphatic carboxylic acids is 1. The van der Waals surface area contributed by atoms with E-state index in [9.17, 15) is 9.90 Å². The Labute approximate surface area is 170 Å². The van der Waals surface area contributed by atoms with Crippen molar-refractivity contribution < 1.29 is 9.90 Å². The van der Waals surface area contributed by atoms with Crippen LogP contribution in [0.4, 0.5) is 0 Å². The molecule has 3 nitrogen and oxygen atoms in total. The summed E-state index contributed by atoms with van der Waals surface area (Å²) >= 11 is 6.17. The van der Waals surface area contributed by atoms with Crippen LogP contribution < -0.4 is 5.32 Å². The average molecular weight is 402 g/mol. The van der Waals surface area contributed by atoms with E-state index >= 15 is 0 Å². The quantitative estimate of drug-likeness (QED) is 0.570. The molecule has 0 fully saturated rings. The van der Waals surface area contributed by atoms with Crippen LogP contribution in [0, 0.1) is 0 Å². The van der Waals surface area contributed by atoms with Crippen molar-refractivity contribution in [3.05, 3.63) is 95.0 Å². The topological polar surface area (TPSA) is 49.3 Å². The van der Waals surface area contributed by atoms with Gasteiger partial charge in [-0.25, -0.2) is 0 Å². The Morgan fingerprint density at radius 2 is 1.59 bits per heavy atom.